The van der Waals surface area contributed by atoms with Gasteiger partial charge >= 0.3 is 0 Å². The summed E-state index contributed by atoms with van der Waals surface area (Å²) in [5, 5.41) is 13.0. The second kappa shape index (κ2) is 8.29. The van der Waals surface area contributed by atoms with Gasteiger partial charge in [0.05, 0.1) is 11.8 Å². The Balaban J connectivity index is 1.91. The first-order valence-corrected chi connectivity index (χ1v) is 8.17. The lowest BCUT2D eigenvalue weighted by molar-refractivity contribution is 0.160. The van der Waals surface area contributed by atoms with Crippen LogP contribution in [0.25, 0.3) is 0 Å². The summed E-state index contributed by atoms with van der Waals surface area (Å²) in [6, 6.07) is 2.02. The summed E-state index contributed by atoms with van der Waals surface area (Å²) in [6.07, 6.45) is 5.36. The highest BCUT2D eigenvalue weighted by Crippen LogP contribution is 2.16. The predicted molar refractivity (Wildman–Crippen MR) is 85.5 cm³/mol. The van der Waals surface area contributed by atoms with Gasteiger partial charge in [-0.05, 0) is 38.7 Å². The molecule has 21 heavy (non-hydrogen) atoms. The Hall–Kier alpha value is -1.20. The monoisotopic (exact) mass is 292 g/mol. The Bertz CT molecular complexity index is 432. The Morgan fingerprint density at radius 3 is 2.76 bits per heavy atom. The molecule has 0 aromatic carbocycles. The normalized spacial score (nSPS) is 17.0. The van der Waals surface area contributed by atoms with Crippen molar-refractivity contribution in [3.8, 4) is 0 Å². The number of anilines is 1. The first-order chi connectivity index (χ1) is 10.2. The molecular formula is C16H28N4O. The van der Waals surface area contributed by atoms with Crippen molar-refractivity contribution in [2.45, 2.75) is 58.6 Å². The van der Waals surface area contributed by atoms with Gasteiger partial charge in [0.2, 0.25) is 5.95 Å². The Morgan fingerprint density at radius 1 is 1.29 bits per heavy atom. The molecule has 1 aromatic rings. The van der Waals surface area contributed by atoms with Gasteiger partial charge in [0, 0.05) is 31.9 Å². The van der Waals surface area contributed by atoms with Crippen LogP contribution in [-0.4, -0.2) is 40.8 Å². The molecule has 1 aliphatic heterocycles. The van der Waals surface area contributed by atoms with Crippen LogP contribution in [-0.2, 0) is 6.54 Å². The van der Waals surface area contributed by atoms with Gasteiger partial charge < -0.3 is 15.3 Å². The van der Waals surface area contributed by atoms with Gasteiger partial charge in [0.25, 0.3) is 0 Å². The zero-order chi connectivity index (χ0) is 15.1. The fourth-order valence-electron chi connectivity index (χ4n) is 2.74. The summed E-state index contributed by atoms with van der Waals surface area (Å²) in [5.74, 6) is 0.862. The number of hydrogen-bond donors (Lipinski definition) is 2. The van der Waals surface area contributed by atoms with E-state index in [0.717, 1.165) is 43.3 Å². The van der Waals surface area contributed by atoms with Crippen molar-refractivity contribution < 1.29 is 5.11 Å². The molecule has 2 heterocycles. The minimum Gasteiger partial charge on any atom is -0.392 e. The van der Waals surface area contributed by atoms with E-state index in [2.05, 4.69) is 27.1 Å². The molecule has 0 saturated carbocycles. The third-order valence-corrected chi connectivity index (χ3v) is 3.84. The molecule has 118 valence electrons. The maximum Gasteiger partial charge on any atom is 0.225 e. The molecule has 1 saturated heterocycles. The molecule has 1 fully saturated rings. The predicted octanol–water partition coefficient (Wildman–Crippen LogP) is 2.03. The third-order valence-electron chi connectivity index (χ3n) is 3.84. The molecule has 0 aliphatic carbocycles. The van der Waals surface area contributed by atoms with Crippen LogP contribution < -0.4 is 10.2 Å². The molecule has 5 nitrogen and oxygen atoms in total. The first kappa shape index (κ1) is 16.2. The number of aliphatic hydroxyl groups excluding tert-OH is 1. The maximum atomic E-state index is 9.74. The molecule has 0 amide bonds. The van der Waals surface area contributed by atoms with E-state index >= 15 is 0 Å². The summed E-state index contributed by atoms with van der Waals surface area (Å²) in [6.45, 7) is 7.53. The van der Waals surface area contributed by atoms with Gasteiger partial charge in [0.15, 0.2) is 0 Å². The van der Waals surface area contributed by atoms with Gasteiger partial charge in [-0.3, -0.25) is 0 Å². The highest BCUT2D eigenvalue weighted by atomic mass is 16.3. The summed E-state index contributed by atoms with van der Waals surface area (Å²) in [4.78, 5) is 11.5. The van der Waals surface area contributed by atoms with Crippen LogP contribution in [0.1, 0.15) is 50.4 Å². The summed E-state index contributed by atoms with van der Waals surface area (Å²) < 4.78 is 0. The second-order valence-corrected chi connectivity index (χ2v) is 5.92. The van der Waals surface area contributed by atoms with Gasteiger partial charge in [-0.25, -0.2) is 9.97 Å². The van der Waals surface area contributed by atoms with Crippen molar-refractivity contribution in [2.75, 3.05) is 24.5 Å². The van der Waals surface area contributed by atoms with Crippen molar-refractivity contribution >= 4 is 5.95 Å². The Morgan fingerprint density at radius 2 is 2.05 bits per heavy atom. The van der Waals surface area contributed by atoms with Crippen LogP contribution in [0.5, 0.6) is 0 Å². The van der Waals surface area contributed by atoms with Crippen molar-refractivity contribution in [1.29, 1.82) is 0 Å². The van der Waals surface area contributed by atoms with Gasteiger partial charge in [-0.15, -0.1) is 0 Å². The van der Waals surface area contributed by atoms with Crippen LogP contribution in [0.4, 0.5) is 5.95 Å². The molecule has 1 atom stereocenters. The summed E-state index contributed by atoms with van der Waals surface area (Å²) in [7, 11) is 0. The second-order valence-electron chi connectivity index (χ2n) is 5.92. The van der Waals surface area contributed by atoms with Crippen LogP contribution in [0.15, 0.2) is 6.07 Å². The van der Waals surface area contributed by atoms with Crippen molar-refractivity contribution in [3.63, 3.8) is 0 Å². The smallest absolute Gasteiger partial charge is 0.225 e. The molecule has 0 spiro atoms. The van der Waals surface area contributed by atoms with E-state index < -0.39 is 0 Å². The molecule has 0 bridgehead atoms. The molecular weight excluding hydrogens is 264 g/mol. The third kappa shape index (κ3) is 5.25. The van der Waals surface area contributed by atoms with Gasteiger partial charge in [-0.2, -0.15) is 0 Å². The Labute approximate surface area is 127 Å². The minimum absolute atomic E-state index is 0.264. The average molecular weight is 292 g/mol. The summed E-state index contributed by atoms with van der Waals surface area (Å²) >= 11 is 0. The molecule has 0 radical (unpaired) electrons. The largest absolute Gasteiger partial charge is 0.392 e. The molecule has 2 N–H and O–H groups in total. The van der Waals surface area contributed by atoms with E-state index in [1.165, 1.54) is 19.3 Å². The lowest BCUT2D eigenvalue weighted by Gasteiger charge is -2.27. The number of piperidine rings is 1. The Kier molecular flexibility index (Phi) is 6.39. The highest BCUT2D eigenvalue weighted by Gasteiger charge is 2.14. The highest BCUT2D eigenvalue weighted by molar-refractivity contribution is 5.32. The van der Waals surface area contributed by atoms with E-state index in [1.807, 2.05) is 13.0 Å². The van der Waals surface area contributed by atoms with E-state index in [0.29, 0.717) is 13.1 Å². The average Bonchev–Trinajstić information content (AvgIpc) is 2.48. The van der Waals surface area contributed by atoms with Crippen LogP contribution in [0.2, 0.25) is 0 Å². The standard InChI is InChI=1S/C16H28N4O/c1-3-7-15(21)12-17-11-14-10-13(2)18-16(19-14)20-8-5-4-6-9-20/h10,15,17,21H,3-9,11-12H2,1-2H3. The quantitative estimate of drug-likeness (QED) is 0.805. The van der Waals surface area contributed by atoms with Crippen molar-refractivity contribution in [2.24, 2.45) is 0 Å². The lowest BCUT2D eigenvalue weighted by atomic mass is 10.1. The number of hydrogen-bond acceptors (Lipinski definition) is 5. The molecule has 5 heteroatoms. The van der Waals surface area contributed by atoms with Crippen LogP contribution in [0, 0.1) is 6.92 Å². The molecule has 1 aliphatic rings. The fourth-order valence-corrected chi connectivity index (χ4v) is 2.74. The molecule has 1 aromatic heterocycles. The minimum atomic E-state index is -0.264. The number of rotatable bonds is 7. The number of aryl methyl sites for hydroxylation is 1. The van der Waals surface area contributed by atoms with Gasteiger partial charge in [0.1, 0.15) is 0 Å². The van der Waals surface area contributed by atoms with E-state index in [9.17, 15) is 5.11 Å². The van der Waals surface area contributed by atoms with E-state index in [-0.39, 0.29) is 6.10 Å². The number of aromatic nitrogens is 2. The van der Waals surface area contributed by atoms with Crippen LogP contribution >= 0.6 is 0 Å². The van der Waals surface area contributed by atoms with E-state index in [4.69, 9.17) is 0 Å². The zero-order valence-electron chi connectivity index (χ0n) is 13.3. The lowest BCUT2D eigenvalue weighted by Crippen LogP contribution is -2.32. The number of nitrogens with zero attached hydrogens (tertiary/aromatic N) is 3. The molecule has 2 rings (SSSR count). The number of aliphatic hydroxyl groups is 1. The van der Waals surface area contributed by atoms with Crippen molar-refractivity contribution in [3.05, 3.63) is 17.5 Å². The SMILES string of the molecule is CCCC(O)CNCc1cc(C)nc(N2CCCCC2)n1. The zero-order valence-corrected chi connectivity index (χ0v) is 13.3. The van der Waals surface area contributed by atoms with Crippen molar-refractivity contribution in [1.82, 2.24) is 15.3 Å². The van der Waals surface area contributed by atoms with E-state index in [1.54, 1.807) is 0 Å². The topological polar surface area (TPSA) is 61.3 Å². The molecule has 1 unspecified atom stereocenters. The van der Waals surface area contributed by atoms with Crippen LogP contribution in [0.3, 0.4) is 0 Å². The van der Waals surface area contributed by atoms with Gasteiger partial charge in [-0.1, -0.05) is 13.3 Å². The number of nitrogens with one attached hydrogen (secondary N) is 1. The fraction of sp³-hybridized carbons (Fsp3) is 0.750. The summed E-state index contributed by atoms with van der Waals surface area (Å²) in [5.41, 5.74) is 2.02. The maximum absolute atomic E-state index is 9.74. The first-order valence-electron chi connectivity index (χ1n) is 8.17.